The fourth-order valence-corrected chi connectivity index (χ4v) is 0.683. The van der Waals surface area contributed by atoms with Crippen molar-refractivity contribution in [2.75, 3.05) is 26.4 Å². The maximum absolute atomic E-state index is 8.33. The van der Waals surface area contributed by atoms with E-state index in [9.17, 15) is 0 Å². The van der Waals surface area contributed by atoms with E-state index in [2.05, 4.69) is 15.4 Å². The van der Waals surface area contributed by atoms with E-state index in [1.807, 2.05) is 6.92 Å². The van der Waals surface area contributed by atoms with Crippen LogP contribution in [0.15, 0.2) is 0 Å². The second-order valence-corrected chi connectivity index (χ2v) is 2.23. The minimum atomic E-state index is -0.602. The van der Waals surface area contributed by atoms with Crippen LogP contribution in [0.1, 0.15) is 13.8 Å². The van der Waals surface area contributed by atoms with Crippen LogP contribution < -0.4 is 10.6 Å². The molecular formula is C7H18N2O2. The van der Waals surface area contributed by atoms with Crippen LogP contribution in [-0.4, -0.2) is 37.8 Å². The highest BCUT2D eigenvalue weighted by atomic mass is 16.6. The Morgan fingerprint density at radius 1 is 1.45 bits per heavy atom. The van der Waals surface area contributed by atoms with Gasteiger partial charge in [0, 0.05) is 26.4 Å². The number of aliphatic hydroxyl groups excluding tert-OH is 1. The van der Waals surface area contributed by atoms with Gasteiger partial charge in [-0.25, -0.2) is 0 Å². The van der Waals surface area contributed by atoms with Crippen molar-refractivity contribution >= 4 is 0 Å². The summed E-state index contributed by atoms with van der Waals surface area (Å²) in [5.74, 6) is 0. The van der Waals surface area contributed by atoms with Crippen LogP contribution in [-0.2, 0) is 4.74 Å². The Bertz CT molecular complexity index is 67.2. The Labute approximate surface area is 67.9 Å². The molecule has 0 aliphatic carbocycles. The molecule has 0 aromatic carbocycles. The van der Waals surface area contributed by atoms with Crippen LogP contribution >= 0.6 is 0 Å². The van der Waals surface area contributed by atoms with Crippen LogP contribution in [0.2, 0.25) is 0 Å². The predicted octanol–water partition coefficient (Wildman–Crippen LogP) is -0.502. The third-order valence-corrected chi connectivity index (χ3v) is 1.14. The van der Waals surface area contributed by atoms with Crippen LogP contribution in [0.3, 0.4) is 0 Å². The zero-order valence-electron chi connectivity index (χ0n) is 7.26. The summed E-state index contributed by atoms with van der Waals surface area (Å²) in [5.41, 5.74) is 0. The molecule has 0 spiro atoms. The van der Waals surface area contributed by atoms with Gasteiger partial charge in [0.25, 0.3) is 0 Å². The van der Waals surface area contributed by atoms with E-state index in [1.165, 1.54) is 0 Å². The van der Waals surface area contributed by atoms with E-state index >= 15 is 0 Å². The van der Waals surface area contributed by atoms with Crippen molar-refractivity contribution in [3.8, 4) is 0 Å². The van der Waals surface area contributed by atoms with Crippen molar-refractivity contribution in [3.05, 3.63) is 0 Å². The average molecular weight is 162 g/mol. The SMILES string of the molecule is C1CNCN1.CCOC(C)O. The van der Waals surface area contributed by atoms with E-state index in [-0.39, 0.29) is 0 Å². The molecule has 1 fully saturated rings. The molecule has 0 amide bonds. The standard InChI is InChI=1S/C4H10O2.C3H8N2/c1-3-6-4(2)5;1-2-5-3-4-1/h4-5H,3H2,1-2H3;4-5H,1-3H2. The summed E-state index contributed by atoms with van der Waals surface area (Å²) < 4.78 is 4.60. The van der Waals surface area contributed by atoms with Gasteiger partial charge in [-0.05, 0) is 13.8 Å². The Morgan fingerprint density at radius 3 is 2.09 bits per heavy atom. The quantitative estimate of drug-likeness (QED) is 0.479. The molecule has 4 heteroatoms. The number of rotatable bonds is 2. The normalized spacial score (nSPS) is 18.8. The minimum absolute atomic E-state index is 0.581. The van der Waals surface area contributed by atoms with Gasteiger partial charge in [0.05, 0.1) is 0 Å². The molecule has 1 saturated heterocycles. The Kier molecular flexibility index (Phi) is 7.83. The van der Waals surface area contributed by atoms with Gasteiger partial charge in [-0.3, -0.25) is 0 Å². The molecular weight excluding hydrogens is 144 g/mol. The highest BCUT2D eigenvalue weighted by molar-refractivity contribution is 4.55. The van der Waals surface area contributed by atoms with Gasteiger partial charge in [0.2, 0.25) is 0 Å². The monoisotopic (exact) mass is 162 g/mol. The fourth-order valence-electron chi connectivity index (χ4n) is 0.683. The average Bonchev–Trinajstić information content (AvgIpc) is 2.41. The first-order chi connectivity index (χ1) is 5.27. The summed E-state index contributed by atoms with van der Waals surface area (Å²) in [6, 6.07) is 0. The number of nitrogens with one attached hydrogen (secondary N) is 2. The predicted molar refractivity (Wildman–Crippen MR) is 44.2 cm³/mol. The fraction of sp³-hybridized carbons (Fsp3) is 1.00. The zero-order chi connectivity index (χ0) is 8.53. The molecule has 3 N–H and O–H groups in total. The second-order valence-electron chi connectivity index (χ2n) is 2.23. The van der Waals surface area contributed by atoms with Crippen LogP contribution in [0.4, 0.5) is 0 Å². The Morgan fingerprint density at radius 2 is 2.00 bits per heavy atom. The van der Waals surface area contributed by atoms with Crippen molar-refractivity contribution in [2.24, 2.45) is 0 Å². The van der Waals surface area contributed by atoms with Gasteiger partial charge in [-0.15, -0.1) is 0 Å². The van der Waals surface area contributed by atoms with E-state index < -0.39 is 6.29 Å². The molecule has 1 unspecified atom stereocenters. The van der Waals surface area contributed by atoms with E-state index in [0.29, 0.717) is 6.61 Å². The van der Waals surface area contributed by atoms with Crippen LogP contribution in [0, 0.1) is 0 Å². The van der Waals surface area contributed by atoms with Gasteiger partial charge in [-0.2, -0.15) is 0 Å². The lowest BCUT2D eigenvalue weighted by molar-refractivity contribution is -0.0800. The number of ether oxygens (including phenoxy) is 1. The van der Waals surface area contributed by atoms with Crippen LogP contribution in [0.5, 0.6) is 0 Å². The highest BCUT2D eigenvalue weighted by Crippen LogP contribution is 1.78. The third kappa shape index (κ3) is 9.84. The third-order valence-electron chi connectivity index (χ3n) is 1.14. The maximum atomic E-state index is 8.33. The molecule has 0 aromatic rings. The van der Waals surface area contributed by atoms with Gasteiger partial charge < -0.3 is 20.5 Å². The molecule has 0 bridgehead atoms. The first-order valence-electron chi connectivity index (χ1n) is 3.98. The smallest absolute Gasteiger partial charge is 0.151 e. The molecule has 0 saturated carbocycles. The van der Waals surface area contributed by atoms with E-state index in [1.54, 1.807) is 6.92 Å². The van der Waals surface area contributed by atoms with Gasteiger partial charge in [0.1, 0.15) is 0 Å². The summed E-state index contributed by atoms with van der Waals surface area (Å²) in [7, 11) is 0. The summed E-state index contributed by atoms with van der Waals surface area (Å²) in [4.78, 5) is 0. The largest absolute Gasteiger partial charge is 0.368 e. The van der Waals surface area contributed by atoms with Gasteiger partial charge in [0.15, 0.2) is 6.29 Å². The molecule has 68 valence electrons. The van der Waals surface area contributed by atoms with Crippen molar-refractivity contribution in [1.82, 2.24) is 10.6 Å². The summed E-state index contributed by atoms with van der Waals surface area (Å²) in [5, 5.41) is 14.6. The number of aliphatic hydroxyl groups is 1. The van der Waals surface area contributed by atoms with Crippen molar-refractivity contribution in [3.63, 3.8) is 0 Å². The lowest BCUT2D eigenvalue weighted by Gasteiger charge is -1.99. The van der Waals surface area contributed by atoms with Gasteiger partial charge in [-0.1, -0.05) is 0 Å². The summed E-state index contributed by atoms with van der Waals surface area (Å²) in [6.45, 7) is 7.29. The highest BCUT2D eigenvalue weighted by Gasteiger charge is 1.90. The molecule has 4 nitrogen and oxygen atoms in total. The molecule has 0 aromatic heterocycles. The molecule has 1 aliphatic heterocycles. The molecule has 0 radical (unpaired) electrons. The summed E-state index contributed by atoms with van der Waals surface area (Å²) >= 11 is 0. The molecule has 1 heterocycles. The van der Waals surface area contributed by atoms with Crippen LogP contribution in [0.25, 0.3) is 0 Å². The lowest BCUT2D eigenvalue weighted by atomic mass is 10.7. The van der Waals surface area contributed by atoms with Crippen molar-refractivity contribution < 1.29 is 9.84 Å². The molecule has 1 aliphatic rings. The maximum Gasteiger partial charge on any atom is 0.151 e. The van der Waals surface area contributed by atoms with E-state index in [4.69, 9.17) is 5.11 Å². The Balaban J connectivity index is 0.000000183. The summed E-state index contributed by atoms with van der Waals surface area (Å²) in [6.07, 6.45) is -0.602. The Hall–Kier alpha value is -0.160. The first kappa shape index (κ1) is 10.8. The van der Waals surface area contributed by atoms with Gasteiger partial charge >= 0.3 is 0 Å². The van der Waals surface area contributed by atoms with Crippen molar-refractivity contribution in [1.29, 1.82) is 0 Å². The number of hydrogen-bond acceptors (Lipinski definition) is 4. The second kappa shape index (κ2) is 7.94. The number of hydrogen-bond donors (Lipinski definition) is 3. The molecule has 11 heavy (non-hydrogen) atoms. The molecule has 1 atom stereocenters. The van der Waals surface area contributed by atoms with Crippen molar-refractivity contribution in [2.45, 2.75) is 20.1 Å². The zero-order valence-corrected chi connectivity index (χ0v) is 7.26. The minimum Gasteiger partial charge on any atom is -0.368 e. The molecule has 1 rings (SSSR count). The topological polar surface area (TPSA) is 53.5 Å². The lowest BCUT2D eigenvalue weighted by Crippen LogP contribution is -2.11. The first-order valence-corrected chi connectivity index (χ1v) is 3.98. The van der Waals surface area contributed by atoms with E-state index in [0.717, 1.165) is 19.8 Å².